The summed E-state index contributed by atoms with van der Waals surface area (Å²) in [7, 11) is 0. The Morgan fingerprint density at radius 1 is 1.30 bits per heavy atom. The normalized spacial score (nSPS) is 6.90. The topological polar surface area (TPSA) is 23.8 Å². The van der Waals surface area contributed by atoms with Crippen molar-refractivity contribution in [2.24, 2.45) is 0 Å². The van der Waals surface area contributed by atoms with E-state index in [1.165, 1.54) is 6.92 Å². The van der Waals surface area contributed by atoms with E-state index in [1.807, 2.05) is 30.3 Å². The van der Waals surface area contributed by atoms with Gasteiger partial charge in [-0.3, -0.25) is 0 Å². The highest BCUT2D eigenvalue weighted by Gasteiger charge is 1.74. The first-order valence-corrected chi connectivity index (χ1v) is 3.20. The second-order valence-electron chi connectivity index (χ2n) is 1.52. The van der Waals surface area contributed by atoms with Crippen molar-refractivity contribution in [2.45, 2.75) is 6.92 Å². The monoisotopic (exact) mass is 153 g/mol. The molecule has 1 nitrogen and oxygen atoms in total. The molecule has 0 unspecified atom stereocenters. The first-order valence-electron chi connectivity index (χ1n) is 2.82. The van der Waals surface area contributed by atoms with Crippen molar-refractivity contribution < 1.29 is 0 Å². The van der Waals surface area contributed by atoms with Gasteiger partial charge < -0.3 is 0 Å². The van der Waals surface area contributed by atoms with E-state index in [9.17, 15) is 0 Å². The van der Waals surface area contributed by atoms with Crippen LogP contribution in [0.5, 0.6) is 0 Å². The zero-order valence-corrected chi connectivity index (χ0v) is 6.47. The van der Waals surface area contributed by atoms with Gasteiger partial charge in [-0.2, -0.15) is 5.26 Å². The molecule has 0 fully saturated rings. The summed E-state index contributed by atoms with van der Waals surface area (Å²) in [5.74, 6) is 0. The molecule has 10 heavy (non-hydrogen) atoms. The van der Waals surface area contributed by atoms with E-state index < -0.39 is 0 Å². The molecule has 0 amide bonds. The molecule has 2 heteroatoms. The Labute approximate surface area is 65.9 Å². The maximum atomic E-state index is 7.32. The maximum Gasteiger partial charge on any atom is 0.0587 e. The predicted molar refractivity (Wildman–Crippen MR) is 42.7 cm³/mol. The fourth-order valence-electron chi connectivity index (χ4n) is 0.415. The number of benzene rings is 1. The average molecular weight is 154 g/mol. The zero-order chi connectivity index (χ0) is 7.82. The number of rotatable bonds is 0. The quantitative estimate of drug-likeness (QED) is 0.562. The SMILES string of the molecule is CC#N.Clc1ccccc1. The summed E-state index contributed by atoms with van der Waals surface area (Å²) >= 11 is 5.54. The highest BCUT2D eigenvalue weighted by Crippen LogP contribution is 2.03. The van der Waals surface area contributed by atoms with Crippen LogP contribution in [0.25, 0.3) is 0 Å². The summed E-state index contributed by atoms with van der Waals surface area (Å²) in [6.07, 6.45) is 0. The van der Waals surface area contributed by atoms with Gasteiger partial charge in [-0.25, -0.2) is 0 Å². The lowest BCUT2D eigenvalue weighted by Crippen LogP contribution is -1.55. The van der Waals surface area contributed by atoms with Crippen molar-refractivity contribution in [1.29, 1.82) is 5.26 Å². The molecule has 0 radical (unpaired) electrons. The minimum atomic E-state index is 0.794. The van der Waals surface area contributed by atoms with Gasteiger partial charge in [0.15, 0.2) is 0 Å². The molecule has 0 heterocycles. The third-order valence-corrected chi connectivity index (χ3v) is 0.985. The Hall–Kier alpha value is -1.00. The summed E-state index contributed by atoms with van der Waals surface area (Å²) in [6.45, 7) is 1.43. The van der Waals surface area contributed by atoms with E-state index in [2.05, 4.69) is 0 Å². The van der Waals surface area contributed by atoms with Gasteiger partial charge in [0.05, 0.1) is 6.07 Å². The van der Waals surface area contributed by atoms with Crippen LogP contribution in [-0.4, -0.2) is 0 Å². The Morgan fingerprint density at radius 3 is 1.90 bits per heavy atom. The summed E-state index contributed by atoms with van der Waals surface area (Å²) in [6, 6.07) is 11.2. The Bertz CT molecular complexity index is 200. The highest BCUT2D eigenvalue weighted by atomic mass is 35.5. The fraction of sp³-hybridized carbons (Fsp3) is 0.125. The maximum absolute atomic E-state index is 7.32. The molecule has 0 saturated carbocycles. The molecule has 0 spiro atoms. The van der Waals surface area contributed by atoms with E-state index in [0.717, 1.165) is 5.02 Å². The third kappa shape index (κ3) is 5.14. The smallest absolute Gasteiger partial charge is 0.0587 e. The van der Waals surface area contributed by atoms with E-state index >= 15 is 0 Å². The van der Waals surface area contributed by atoms with Crippen LogP contribution in [0.1, 0.15) is 6.92 Å². The van der Waals surface area contributed by atoms with Crippen molar-refractivity contribution >= 4 is 11.6 Å². The van der Waals surface area contributed by atoms with Crippen LogP contribution in [0, 0.1) is 11.3 Å². The number of halogens is 1. The van der Waals surface area contributed by atoms with Gasteiger partial charge in [0.2, 0.25) is 0 Å². The lowest BCUT2D eigenvalue weighted by molar-refractivity contribution is 1.49. The van der Waals surface area contributed by atoms with E-state index in [4.69, 9.17) is 16.9 Å². The van der Waals surface area contributed by atoms with Crippen molar-refractivity contribution in [2.75, 3.05) is 0 Å². The number of nitrogens with zero attached hydrogens (tertiary/aromatic N) is 1. The largest absolute Gasteiger partial charge is 0.199 e. The molecule has 0 aliphatic rings. The van der Waals surface area contributed by atoms with Gasteiger partial charge in [-0.15, -0.1) is 0 Å². The van der Waals surface area contributed by atoms with Gasteiger partial charge in [-0.05, 0) is 12.1 Å². The summed E-state index contributed by atoms with van der Waals surface area (Å²) in [5, 5.41) is 8.11. The fourth-order valence-corrected chi connectivity index (χ4v) is 0.560. The van der Waals surface area contributed by atoms with Crippen LogP contribution in [0.2, 0.25) is 5.02 Å². The lowest BCUT2D eigenvalue weighted by atomic mass is 10.4. The second kappa shape index (κ2) is 6.12. The van der Waals surface area contributed by atoms with Gasteiger partial charge in [0, 0.05) is 11.9 Å². The standard InChI is InChI=1S/C6H5Cl.C2H3N/c7-6-4-2-1-3-5-6;1-2-3/h1-5H;1H3. The van der Waals surface area contributed by atoms with E-state index in [1.54, 1.807) is 6.07 Å². The molecule has 0 bridgehead atoms. The summed E-state index contributed by atoms with van der Waals surface area (Å²) < 4.78 is 0. The van der Waals surface area contributed by atoms with Gasteiger partial charge >= 0.3 is 0 Å². The number of hydrogen-bond acceptors (Lipinski definition) is 1. The Morgan fingerprint density at radius 2 is 1.70 bits per heavy atom. The number of nitriles is 1. The van der Waals surface area contributed by atoms with Crippen molar-refractivity contribution in [3.8, 4) is 6.07 Å². The minimum absolute atomic E-state index is 0.794. The van der Waals surface area contributed by atoms with Crippen molar-refractivity contribution in [3.05, 3.63) is 35.4 Å². The lowest BCUT2D eigenvalue weighted by Gasteiger charge is -1.80. The van der Waals surface area contributed by atoms with Crippen LogP contribution in [0.4, 0.5) is 0 Å². The molecule has 0 saturated heterocycles. The van der Waals surface area contributed by atoms with Crippen LogP contribution in [0.3, 0.4) is 0 Å². The highest BCUT2D eigenvalue weighted by molar-refractivity contribution is 6.30. The minimum Gasteiger partial charge on any atom is -0.199 e. The molecular weight excluding hydrogens is 146 g/mol. The van der Waals surface area contributed by atoms with E-state index in [-0.39, 0.29) is 0 Å². The zero-order valence-electron chi connectivity index (χ0n) is 5.71. The van der Waals surface area contributed by atoms with Crippen LogP contribution in [0.15, 0.2) is 30.3 Å². The van der Waals surface area contributed by atoms with Gasteiger partial charge in [-0.1, -0.05) is 29.8 Å². The molecule has 0 aromatic heterocycles. The third-order valence-electron chi connectivity index (χ3n) is 0.733. The molecule has 1 rings (SSSR count). The number of hydrogen-bond donors (Lipinski definition) is 0. The molecule has 52 valence electrons. The molecule has 1 aromatic carbocycles. The average Bonchev–Trinajstić information content (AvgIpc) is 1.91. The Balaban J connectivity index is 0.000000236. The summed E-state index contributed by atoms with van der Waals surface area (Å²) in [5.41, 5.74) is 0. The molecule has 0 atom stereocenters. The van der Waals surface area contributed by atoms with Crippen molar-refractivity contribution in [3.63, 3.8) is 0 Å². The first-order chi connectivity index (χ1) is 4.81. The molecule has 0 N–H and O–H groups in total. The van der Waals surface area contributed by atoms with Crippen molar-refractivity contribution in [1.82, 2.24) is 0 Å². The van der Waals surface area contributed by atoms with Crippen LogP contribution >= 0.6 is 11.6 Å². The molecule has 1 aromatic rings. The second-order valence-corrected chi connectivity index (χ2v) is 1.96. The molecule has 0 aliphatic heterocycles. The summed E-state index contributed by atoms with van der Waals surface area (Å²) in [4.78, 5) is 0. The van der Waals surface area contributed by atoms with Crippen LogP contribution in [-0.2, 0) is 0 Å². The van der Waals surface area contributed by atoms with Crippen LogP contribution < -0.4 is 0 Å². The first kappa shape index (κ1) is 9.00. The Kier molecular flexibility index (Phi) is 5.51. The molecule has 0 aliphatic carbocycles. The van der Waals surface area contributed by atoms with Gasteiger partial charge in [0.25, 0.3) is 0 Å². The molecular formula is C8H8ClN. The van der Waals surface area contributed by atoms with Gasteiger partial charge in [0.1, 0.15) is 0 Å². The van der Waals surface area contributed by atoms with E-state index in [0.29, 0.717) is 0 Å². The predicted octanol–water partition coefficient (Wildman–Crippen LogP) is 2.87.